The first-order valence-corrected chi connectivity index (χ1v) is 31.3. The Morgan fingerprint density at radius 2 is 0.853 bits per heavy atom. The lowest BCUT2D eigenvalue weighted by Gasteiger charge is -2.30. The SMILES string of the molecule is CC/C=C\C/C=C\C/C=C\C/C=C\C/C=C\C/C=C\CCCCCCC(=O)OC(/C=C\CCCCCCCCCCCC)C(COP(=O)([O-])OCC[N+](C)(C)C)NC(=O)CCCCCC/C=C/C/C=C/C/C=C/CC. The number of amides is 1. The summed E-state index contributed by atoms with van der Waals surface area (Å²) in [5.41, 5.74) is 0. The zero-order valence-corrected chi connectivity index (χ0v) is 49.6. The van der Waals surface area contributed by atoms with Crippen LogP contribution >= 0.6 is 7.82 Å². The number of phosphoric ester groups is 1. The smallest absolute Gasteiger partial charge is 0.306 e. The van der Waals surface area contributed by atoms with Crippen LogP contribution in [0.3, 0.4) is 0 Å². The Morgan fingerprint density at radius 3 is 1.28 bits per heavy atom. The monoisotopic (exact) mass is 1060 g/mol. The molecule has 1 amide bonds. The molecule has 0 radical (unpaired) electrons. The van der Waals surface area contributed by atoms with Gasteiger partial charge in [0.2, 0.25) is 5.91 Å². The lowest BCUT2D eigenvalue weighted by Crippen LogP contribution is -2.47. The van der Waals surface area contributed by atoms with Gasteiger partial charge in [-0.05, 0) is 115 Å². The molecule has 1 N–H and O–H groups in total. The van der Waals surface area contributed by atoms with Crippen molar-refractivity contribution in [3.05, 3.63) is 122 Å². The standard InChI is InChI=1S/C65H111N2O7P/c1-7-10-13-16-19-22-25-28-30-31-32-33-34-35-36-37-38-40-43-46-49-52-55-58-65(69)74-63(56-53-50-47-44-41-27-24-21-18-15-12-9-3)62(61-73-75(70,71)72-60-59-67(4,5)6)66-64(68)57-54-51-48-45-42-39-29-26-23-20-17-14-11-8-2/h10-11,13-14,19-20,22-23,28-30,32-33,35-36,38-40,53,56,62-63H,7-9,12,15-18,21,24-27,31,34,37,41-52,54-55,57-61H2,1-6H3,(H-,66,68,70,71)/b13-10-,14-11+,22-19-,23-20+,30-28-,33-32-,36-35-,39-29+,40-38-,56-53-. The van der Waals surface area contributed by atoms with E-state index in [1.165, 1.54) is 51.4 Å². The van der Waals surface area contributed by atoms with Crippen LogP contribution in [0.1, 0.15) is 226 Å². The number of esters is 1. The highest BCUT2D eigenvalue weighted by molar-refractivity contribution is 7.45. The van der Waals surface area contributed by atoms with E-state index in [1.54, 1.807) is 0 Å². The zero-order chi connectivity index (χ0) is 55.0. The number of allylic oxidation sites excluding steroid dienone is 19. The molecule has 0 aromatic heterocycles. The Hall–Kier alpha value is -3.59. The summed E-state index contributed by atoms with van der Waals surface area (Å²) >= 11 is 0. The molecule has 0 fully saturated rings. The number of carbonyl (C=O) groups excluding carboxylic acids is 2. The molecule has 0 aliphatic carbocycles. The summed E-state index contributed by atoms with van der Waals surface area (Å²) in [6, 6.07) is -0.919. The average molecular weight is 1060 g/mol. The molecule has 9 nitrogen and oxygen atoms in total. The van der Waals surface area contributed by atoms with Crippen molar-refractivity contribution in [2.45, 2.75) is 238 Å². The van der Waals surface area contributed by atoms with Crippen LogP contribution in [0.15, 0.2) is 122 Å². The Labute approximate surface area is 461 Å². The van der Waals surface area contributed by atoms with Gasteiger partial charge in [0.05, 0.1) is 33.8 Å². The number of ether oxygens (including phenoxy) is 1. The third-order valence-corrected chi connectivity index (χ3v) is 13.4. The van der Waals surface area contributed by atoms with Crippen molar-refractivity contribution in [1.82, 2.24) is 5.32 Å². The topological polar surface area (TPSA) is 114 Å². The van der Waals surface area contributed by atoms with Crippen LogP contribution in [0.5, 0.6) is 0 Å². The van der Waals surface area contributed by atoms with Crippen LogP contribution in [0, 0.1) is 0 Å². The molecule has 0 spiro atoms. The number of nitrogens with one attached hydrogen (secondary N) is 1. The largest absolute Gasteiger partial charge is 0.756 e. The number of quaternary nitrogens is 1. The van der Waals surface area contributed by atoms with E-state index in [0.29, 0.717) is 23.9 Å². The molecule has 0 aromatic carbocycles. The molecule has 0 aliphatic heterocycles. The number of nitrogens with zero attached hydrogens (tertiary/aromatic N) is 1. The second-order valence-electron chi connectivity index (χ2n) is 20.7. The maximum atomic E-state index is 13.5. The van der Waals surface area contributed by atoms with Gasteiger partial charge in [0.25, 0.3) is 7.82 Å². The van der Waals surface area contributed by atoms with Crippen LogP contribution in [0.2, 0.25) is 0 Å². The fourth-order valence-electron chi connectivity index (χ4n) is 7.83. The lowest BCUT2D eigenvalue weighted by molar-refractivity contribution is -0.870. The fourth-order valence-corrected chi connectivity index (χ4v) is 8.55. The number of hydrogen-bond donors (Lipinski definition) is 1. The normalized spacial score (nSPS) is 14.6. The highest BCUT2D eigenvalue weighted by Gasteiger charge is 2.27. The maximum Gasteiger partial charge on any atom is 0.306 e. The van der Waals surface area contributed by atoms with Gasteiger partial charge in [-0.3, -0.25) is 14.2 Å². The van der Waals surface area contributed by atoms with Crippen LogP contribution in [-0.4, -0.2) is 69.4 Å². The van der Waals surface area contributed by atoms with Gasteiger partial charge < -0.3 is 28.5 Å². The first-order valence-electron chi connectivity index (χ1n) is 29.8. The molecule has 0 aromatic rings. The second-order valence-corrected chi connectivity index (χ2v) is 22.1. The molecule has 0 saturated heterocycles. The average Bonchev–Trinajstić information content (AvgIpc) is 3.37. The molecule has 3 unspecified atom stereocenters. The summed E-state index contributed by atoms with van der Waals surface area (Å²) in [5, 5.41) is 3.00. The first-order chi connectivity index (χ1) is 36.4. The second kappa shape index (κ2) is 53.8. The van der Waals surface area contributed by atoms with Gasteiger partial charge >= 0.3 is 5.97 Å². The van der Waals surface area contributed by atoms with Crippen LogP contribution < -0.4 is 10.2 Å². The summed E-state index contributed by atoms with van der Waals surface area (Å²) in [7, 11) is 1.13. The van der Waals surface area contributed by atoms with Gasteiger partial charge in [-0.1, -0.05) is 220 Å². The van der Waals surface area contributed by atoms with Crippen molar-refractivity contribution in [3.63, 3.8) is 0 Å². The molecule has 428 valence electrons. The van der Waals surface area contributed by atoms with Gasteiger partial charge in [0.1, 0.15) is 19.3 Å². The summed E-state index contributed by atoms with van der Waals surface area (Å²) in [6.45, 7) is 6.55. The lowest BCUT2D eigenvalue weighted by atomic mass is 10.0. The van der Waals surface area contributed by atoms with E-state index in [0.717, 1.165) is 128 Å². The number of hydrogen-bond acceptors (Lipinski definition) is 7. The minimum absolute atomic E-state index is 0.0380. The van der Waals surface area contributed by atoms with Gasteiger partial charge in [-0.25, -0.2) is 0 Å². The van der Waals surface area contributed by atoms with E-state index in [9.17, 15) is 19.0 Å². The van der Waals surface area contributed by atoms with Gasteiger partial charge in [0.15, 0.2) is 0 Å². The molecule has 3 atom stereocenters. The molecule has 0 rings (SSSR count). The number of unbranched alkanes of at least 4 members (excludes halogenated alkanes) is 18. The van der Waals surface area contributed by atoms with Crippen molar-refractivity contribution in [3.8, 4) is 0 Å². The van der Waals surface area contributed by atoms with Crippen molar-refractivity contribution >= 4 is 19.7 Å². The predicted octanol–water partition coefficient (Wildman–Crippen LogP) is 17.7. The van der Waals surface area contributed by atoms with Crippen molar-refractivity contribution < 1.29 is 37.3 Å². The van der Waals surface area contributed by atoms with E-state index in [2.05, 4.69) is 135 Å². The van der Waals surface area contributed by atoms with Crippen LogP contribution in [0.25, 0.3) is 0 Å². The molecule has 0 saturated carbocycles. The van der Waals surface area contributed by atoms with Crippen LogP contribution in [-0.2, 0) is 27.9 Å². The third kappa shape index (κ3) is 55.0. The molecule has 0 heterocycles. The van der Waals surface area contributed by atoms with Crippen molar-refractivity contribution in [2.75, 3.05) is 40.9 Å². The number of rotatable bonds is 52. The summed E-state index contributed by atoms with van der Waals surface area (Å²) in [6.07, 6.45) is 74.5. The highest BCUT2D eigenvalue weighted by atomic mass is 31.2. The maximum absolute atomic E-state index is 13.5. The van der Waals surface area contributed by atoms with Crippen molar-refractivity contribution in [2.24, 2.45) is 0 Å². The minimum atomic E-state index is -4.72. The number of carbonyl (C=O) groups is 2. The Balaban J connectivity index is 5.35. The molecular formula is C65H111N2O7P. The van der Waals surface area contributed by atoms with Gasteiger partial charge in [0, 0.05) is 12.8 Å². The highest BCUT2D eigenvalue weighted by Crippen LogP contribution is 2.38. The zero-order valence-electron chi connectivity index (χ0n) is 48.7. The number of likely N-dealkylation sites (N-methyl/N-ethyl adjacent to an activating group) is 1. The summed E-state index contributed by atoms with van der Waals surface area (Å²) < 4.78 is 30.2. The quantitative estimate of drug-likeness (QED) is 0.0212. The fraction of sp³-hybridized carbons (Fsp3) is 0.662. The predicted molar refractivity (Wildman–Crippen MR) is 320 cm³/mol. The first kappa shape index (κ1) is 71.4. The minimum Gasteiger partial charge on any atom is -0.756 e. The number of phosphoric acid groups is 1. The Morgan fingerprint density at radius 1 is 0.480 bits per heavy atom. The Kier molecular flexibility index (Phi) is 51.2. The van der Waals surface area contributed by atoms with Gasteiger partial charge in [-0.2, -0.15) is 0 Å². The third-order valence-electron chi connectivity index (χ3n) is 12.4. The molecule has 75 heavy (non-hydrogen) atoms. The van der Waals surface area contributed by atoms with Crippen molar-refractivity contribution in [1.29, 1.82) is 0 Å². The summed E-state index contributed by atoms with van der Waals surface area (Å²) in [4.78, 5) is 39.9. The molecular weight excluding hydrogens is 952 g/mol. The Bertz CT molecular complexity index is 1700. The van der Waals surface area contributed by atoms with E-state index >= 15 is 0 Å². The molecule has 0 bridgehead atoms. The molecule has 0 aliphatic rings. The van der Waals surface area contributed by atoms with Gasteiger partial charge in [-0.15, -0.1) is 0 Å². The van der Waals surface area contributed by atoms with E-state index in [4.69, 9.17) is 13.8 Å². The van der Waals surface area contributed by atoms with E-state index in [-0.39, 0.29) is 31.3 Å². The van der Waals surface area contributed by atoms with E-state index in [1.807, 2.05) is 33.3 Å². The summed E-state index contributed by atoms with van der Waals surface area (Å²) in [5.74, 6) is -0.606. The van der Waals surface area contributed by atoms with E-state index < -0.39 is 26.6 Å². The molecule has 10 heteroatoms. The van der Waals surface area contributed by atoms with Crippen LogP contribution in [0.4, 0.5) is 0 Å².